The lowest BCUT2D eigenvalue weighted by Crippen LogP contribution is -2.01. The van der Waals surface area contributed by atoms with Crippen LogP contribution in [-0.2, 0) is 0 Å². The summed E-state index contributed by atoms with van der Waals surface area (Å²) in [6, 6.07) is 43.9. The predicted octanol–water partition coefficient (Wildman–Crippen LogP) is 10.2. The lowest BCUT2D eigenvalue weighted by atomic mass is 9.98. The zero-order chi connectivity index (χ0) is 33.0. The van der Waals surface area contributed by atoms with E-state index in [4.69, 9.17) is 38.7 Å². The Morgan fingerprint density at radius 3 is 1.72 bits per heavy atom. The van der Waals surface area contributed by atoms with Gasteiger partial charge in [-0.2, -0.15) is 0 Å². The molecule has 8 heteroatoms. The largest absolute Gasteiger partial charge is 0.456 e. The number of oxazole rings is 1. The number of para-hydroxylation sites is 1. The molecule has 0 atom stereocenters. The van der Waals surface area contributed by atoms with Crippen LogP contribution in [0.5, 0.6) is 0 Å². The van der Waals surface area contributed by atoms with Crippen LogP contribution in [0.1, 0.15) is 0 Å². The van der Waals surface area contributed by atoms with Gasteiger partial charge in [-0.1, -0.05) is 109 Å². The van der Waals surface area contributed by atoms with Crippen LogP contribution < -0.4 is 0 Å². The molecule has 8 nitrogen and oxygen atoms in total. The van der Waals surface area contributed by atoms with E-state index < -0.39 is 0 Å². The minimum atomic E-state index is 0.451. The fourth-order valence-electron chi connectivity index (χ4n) is 6.54. The van der Waals surface area contributed by atoms with E-state index in [-0.39, 0.29) is 0 Å². The van der Waals surface area contributed by atoms with Crippen molar-refractivity contribution in [3.05, 3.63) is 146 Å². The van der Waals surface area contributed by atoms with E-state index in [1.807, 2.05) is 121 Å². The van der Waals surface area contributed by atoms with Crippen LogP contribution in [-0.4, -0.2) is 29.9 Å². The zero-order valence-corrected chi connectivity index (χ0v) is 26.4. The third-order valence-corrected chi connectivity index (χ3v) is 8.90. The highest BCUT2D eigenvalue weighted by Gasteiger charge is 2.19. The van der Waals surface area contributed by atoms with Crippen molar-refractivity contribution in [1.82, 2.24) is 29.9 Å². The van der Waals surface area contributed by atoms with Gasteiger partial charge in [-0.25, -0.2) is 24.9 Å². The Morgan fingerprint density at radius 1 is 0.400 bits per heavy atom. The fourth-order valence-corrected chi connectivity index (χ4v) is 6.54. The number of benzene rings is 6. The van der Waals surface area contributed by atoms with Crippen LogP contribution >= 0.6 is 0 Å². The Morgan fingerprint density at radius 2 is 1.00 bits per heavy atom. The molecule has 0 aliphatic heterocycles. The van der Waals surface area contributed by atoms with Gasteiger partial charge in [0.1, 0.15) is 22.4 Å². The topological polar surface area (TPSA) is 104 Å². The first-order valence-electron chi connectivity index (χ1n) is 16.2. The molecule has 10 aromatic rings. The molecule has 0 N–H and O–H groups in total. The highest BCUT2D eigenvalue weighted by Crippen LogP contribution is 2.39. The second-order valence-electron chi connectivity index (χ2n) is 11.9. The molecule has 0 saturated carbocycles. The van der Waals surface area contributed by atoms with Crippen LogP contribution in [0.25, 0.3) is 101 Å². The summed E-state index contributed by atoms with van der Waals surface area (Å²) in [7, 11) is 0. The fraction of sp³-hybridized carbons (Fsp3) is 0. The summed E-state index contributed by atoms with van der Waals surface area (Å²) in [6.07, 6.45) is 3.49. The molecule has 0 fully saturated rings. The van der Waals surface area contributed by atoms with Gasteiger partial charge in [-0.3, -0.25) is 4.98 Å². The third-order valence-electron chi connectivity index (χ3n) is 8.90. The standard InChI is InChI=1S/C42H24N6O2/c1-3-11-25(12-4-1)39-46-40(26-13-5-2-6-14-26)48-41(47-39)34-24-43-33(23-44-34)29-18-9-17-28-27(29)16-10-19-30(28)42-45-32-21-22-36-37(38(32)50-42)31-15-7-8-20-35(31)49-36/h1-24H. The number of furan rings is 1. The van der Waals surface area contributed by atoms with Gasteiger partial charge in [0.25, 0.3) is 0 Å². The van der Waals surface area contributed by atoms with Crippen molar-refractivity contribution in [2.75, 3.05) is 0 Å². The van der Waals surface area contributed by atoms with Gasteiger partial charge in [0.2, 0.25) is 5.89 Å². The highest BCUT2D eigenvalue weighted by atomic mass is 16.4. The summed E-state index contributed by atoms with van der Waals surface area (Å²) in [5.74, 6) is 2.14. The Bertz CT molecular complexity index is 2810. The normalized spacial score (nSPS) is 11.6. The van der Waals surface area contributed by atoms with Gasteiger partial charge < -0.3 is 8.83 Å². The number of nitrogens with zero attached hydrogens (tertiary/aromatic N) is 6. The van der Waals surface area contributed by atoms with Gasteiger partial charge in [-0.05, 0) is 35.0 Å². The average Bonchev–Trinajstić information content (AvgIpc) is 3.80. The molecule has 234 valence electrons. The Labute approximate surface area is 284 Å². The predicted molar refractivity (Wildman–Crippen MR) is 195 cm³/mol. The molecule has 0 radical (unpaired) electrons. The van der Waals surface area contributed by atoms with Crippen molar-refractivity contribution in [1.29, 1.82) is 0 Å². The minimum Gasteiger partial charge on any atom is -0.456 e. The number of aromatic nitrogens is 6. The van der Waals surface area contributed by atoms with Gasteiger partial charge in [-0.15, -0.1) is 0 Å². The average molecular weight is 645 g/mol. The van der Waals surface area contributed by atoms with Gasteiger partial charge in [0.15, 0.2) is 23.1 Å². The molecular weight excluding hydrogens is 621 g/mol. The first-order chi connectivity index (χ1) is 24.8. The van der Waals surface area contributed by atoms with E-state index >= 15 is 0 Å². The summed E-state index contributed by atoms with van der Waals surface area (Å²) in [5.41, 5.74) is 7.96. The first kappa shape index (κ1) is 28.0. The molecule has 50 heavy (non-hydrogen) atoms. The number of rotatable bonds is 5. The summed E-state index contributed by atoms with van der Waals surface area (Å²) in [6.45, 7) is 0. The first-order valence-corrected chi connectivity index (χ1v) is 16.2. The van der Waals surface area contributed by atoms with E-state index in [9.17, 15) is 0 Å². The molecule has 0 bridgehead atoms. The van der Waals surface area contributed by atoms with Crippen LogP contribution in [0.2, 0.25) is 0 Å². The van der Waals surface area contributed by atoms with E-state index in [2.05, 4.69) is 12.1 Å². The van der Waals surface area contributed by atoms with Crippen molar-refractivity contribution in [3.63, 3.8) is 0 Å². The molecule has 0 unspecified atom stereocenters. The van der Waals surface area contributed by atoms with Crippen molar-refractivity contribution in [2.24, 2.45) is 0 Å². The third kappa shape index (κ3) is 4.62. The van der Waals surface area contributed by atoms with Gasteiger partial charge >= 0.3 is 0 Å². The molecule has 4 aromatic heterocycles. The van der Waals surface area contributed by atoms with Gasteiger partial charge in [0.05, 0.1) is 23.5 Å². The van der Waals surface area contributed by atoms with Crippen LogP contribution in [0.15, 0.2) is 155 Å². The lowest BCUT2D eigenvalue weighted by molar-refractivity contribution is 0.623. The molecule has 0 saturated heterocycles. The Kier molecular flexibility index (Phi) is 6.32. The van der Waals surface area contributed by atoms with Crippen molar-refractivity contribution in [2.45, 2.75) is 0 Å². The second kappa shape index (κ2) is 11.3. The smallest absolute Gasteiger partial charge is 0.227 e. The molecule has 0 aliphatic carbocycles. The molecule has 0 aliphatic rings. The number of hydrogen-bond acceptors (Lipinski definition) is 8. The number of fused-ring (bicyclic) bond motifs is 6. The second-order valence-corrected chi connectivity index (χ2v) is 11.9. The van der Waals surface area contributed by atoms with Crippen LogP contribution in [0.4, 0.5) is 0 Å². The summed E-state index contributed by atoms with van der Waals surface area (Å²) in [5, 5.41) is 3.93. The minimum absolute atomic E-state index is 0.451. The highest BCUT2D eigenvalue weighted by molar-refractivity contribution is 6.16. The summed E-state index contributed by atoms with van der Waals surface area (Å²) >= 11 is 0. The summed E-state index contributed by atoms with van der Waals surface area (Å²) < 4.78 is 12.6. The molecular formula is C42H24N6O2. The number of hydrogen-bond donors (Lipinski definition) is 0. The Balaban J connectivity index is 1.05. The van der Waals surface area contributed by atoms with Crippen LogP contribution in [0, 0.1) is 0 Å². The molecule has 0 amide bonds. The SMILES string of the molecule is c1ccc(-c2nc(-c3ccccc3)nc(-c3cnc(-c4cccc5c(-c6nc7ccc8oc9ccccc9c8c7o6)cccc45)cn3)n2)cc1. The van der Waals surface area contributed by atoms with Crippen molar-refractivity contribution in [3.8, 4) is 57.0 Å². The maximum atomic E-state index is 6.52. The Hall–Kier alpha value is -7.06. The molecule has 4 heterocycles. The van der Waals surface area contributed by atoms with E-state index in [0.29, 0.717) is 34.6 Å². The zero-order valence-electron chi connectivity index (χ0n) is 26.4. The van der Waals surface area contributed by atoms with E-state index in [1.165, 1.54) is 0 Å². The molecule has 6 aromatic carbocycles. The maximum absolute atomic E-state index is 6.52. The van der Waals surface area contributed by atoms with E-state index in [0.717, 1.165) is 66.2 Å². The molecule has 0 spiro atoms. The summed E-state index contributed by atoms with van der Waals surface area (Å²) in [4.78, 5) is 29.0. The monoisotopic (exact) mass is 644 g/mol. The maximum Gasteiger partial charge on any atom is 0.227 e. The molecule has 10 rings (SSSR count). The quantitative estimate of drug-likeness (QED) is 0.182. The lowest BCUT2D eigenvalue weighted by Gasteiger charge is -2.10. The van der Waals surface area contributed by atoms with E-state index in [1.54, 1.807) is 12.4 Å². The van der Waals surface area contributed by atoms with Crippen LogP contribution in [0.3, 0.4) is 0 Å². The van der Waals surface area contributed by atoms with Crippen molar-refractivity contribution < 1.29 is 8.83 Å². The van der Waals surface area contributed by atoms with Gasteiger partial charge in [0, 0.05) is 27.6 Å². The van der Waals surface area contributed by atoms with Crippen molar-refractivity contribution >= 4 is 43.8 Å².